The first-order valence-electron chi connectivity index (χ1n) is 8.49. The Balaban J connectivity index is 1.89. The average molecular weight is 420 g/mol. The summed E-state index contributed by atoms with van der Waals surface area (Å²) in [7, 11) is 1.18. The first-order chi connectivity index (χ1) is 14.0. The van der Waals surface area contributed by atoms with Crippen molar-refractivity contribution in [2.24, 2.45) is 7.05 Å². The number of benzene rings is 2. The number of non-ortho nitro benzene ring substituents is 1. The van der Waals surface area contributed by atoms with Gasteiger partial charge in [-0.25, -0.2) is 0 Å². The number of alkyl halides is 3. The van der Waals surface area contributed by atoms with Gasteiger partial charge >= 0.3 is 6.18 Å². The van der Waals surface area contributed by atoms with Crippen LogP contribution in [0.25, 0.3) is 0 Å². The molecule has 0 saturated heterocycles. The largest absolute Gasteiger partial charge is 0.457 e. The van der Waals surface area contributed by atoms with Crippen LogP contribution >= 0.6 is 0 Å². The highest BCUT2D eigenvalue weighted by molar-refractivity contribution is 6.03. The highest BCUT2D eigenvalue weighted by Crippen LogP contribution is 2.31. The molecule has 0 unspecified atom stereocenters. The average Bonchev–Trinajstić information content (AvgIpc) is 3.06. The maximum absolute atomic E-state index is 12.8. The highest BCUT2D eigenvalue weighted by atomic mass is 19.4. The summed E-state index contributed by atoms with van der Waals surface area (Å²) in [4.78, 5) is 23.0. The lowest BCUT2D eigenvalue weighted by Crippen LogP contribution is -2.16. The SMILES string of the molecule is Cc1ccc(Oc2cc(NC(=O)c3cc(C(F)(F)F)nn3C)cc([N+](=O)[O-])c2)cc1. The molecule has 8 nitrogen and oxygen atoms in total. The number of halogens is 3. The Labute approximate surface area is 168 Å². The second-order valence-electron chi connectivity index (χ2n) is 6.38. The minimum Gasteiger partial charge on any atom is -0.457 e. The number of nitrogens with zero attached hydrogens (tertiary/aromatic N) is 3. The number of hydrogen-bond donors (Lipinski definition) is 1. The van der Waals surface area contributed by atoms with E-state index in [0.29, 0.717) is 11.8 Å². The molecule has 3 aromatic rings. The van der Waals surface area contributed by atoms with Gasteiger partial charge in [0.1, 0.15) is 17.2 Å². The van der Waals surface area contributed by atoms with Crippen LogP contribution in [0.1, 0.15) is 21.7 Å². The van der Waals surface area contributed by atoms with Gasteiger partial charge in [0.2, 0.25) is 0 Å². The molecule has 0 spiro atoms. The molecule has 0 bridgehead atoms. The molecular weight excluding hydrogens is 405 g/mol. The maximum atomic E-state index is 12.8. The molecule has 1 amide bonds. The van der Waals surface area contributed by atoms with Crippen LogP contribution in [0, 0.1) is 17.0 Å². The Bertz CT molecular complexity index is 1110. The maximum Gasteiger partial charge on any atom is 0.435 e. The fraction of sp³-hybridized carbons (Fsp3) is 0.158. The summed E-state index contributed by atoms with van der Waals surface area (Å²) < 4.78 is 44.8. The number of carbonyl (C=O) groups is 1. The number of nitro groups is 1. The lowest BCUT2D eigenvalue weighted by Gasteiger charge is -2.10. The van der Waals surface area contributed by atoms with Gasteiger partial charge in [-0.2, -0.15) is 18.3 Å². The van der Waals surface area contributed by atoms with Crippen LogP contribution in [0.5, 0.6) is 11.5 Å². The van der Waals surface area contributed by atoms with E-state index in [9.17, 15) is 28.1 Å². The first kappa shape index (κ1) is 20.8. The van der Waals surface area contributed by atoms with E-state index in [2.05, 4.69) is 10.4 Å². The number of rotatable bonds is 5. The van der Waals surface area contributed by atoms with E-state index in [1.807, 2.05) is 6.92 Å². The standard InChI is InChI=1S/C19H15F3N4O4/c1-11-3-5-14(6-4-11)30-15-8-12(7-13(9-15)26(28)29)23-18(27)16-10-17(19(20,21)22)24-25(16)2/h3-10H,1-2H3,(H,23,27). The number of nitro benzene ring substituents is 1. The van der Waals surface area contributed by atoms with Crippen molar-refractivity contribution in [1.29, 1.82) is 0 Å². The summed E-state index contributed by atoms with van der Waals surface area (Å²) in [6, 6.07) is 11.1. The minimum absolute atomic E-state index is 0.0222. The van der Waals surface area contributed by atoms with Gasteiger partial charge in [-0.1, -0.05) is 17.7 Å². The number of amides is 1. The van der Waals surface area contributed by atoms with E-state index >= 15 is 0 Å². The molecule has 2 aromatic carbocycles. The summed E-state index contributed by atoms with van der Waals surface area (Å²) in [5, 5.41) is 16.8. The molecule has 0 saturated carbocycles. The zero-order valence-electron chi connectivity index (χ0n) is 15.7. The van der Waals surface area contributed by atoms with Gasteiger partial charge in [0.05, 0.1) is 16.7 Å². The second kappa shape index (κ2) is 7.85. The number of hydrogen-bond acceptors (Lipinski definition) is 5. The molecule has 30 heavy (non-hydrogen) atoms. The van der Waals surface area contributed by atoms with Crippen molar-refractivity contribution in [2.45, 2.75) is 13.1 Å². The Morgan fingerprint density at radius 2 is 1.80 bits per heavy atom. The van der Waals surface area contributed by atoms with Crippen molar-refractivity contribution in [3.05, 3.63) is 75.6 Å². The Kier molecular flexibility index (Phi) is 5.45. The number of aryl methyl sites for hydroxylation is 2. The molecule has 0 radical (unpaired) electrons. The molecule has 0 aliphatic rings. The molecule has 11 heteroatoms. The summed E-state index contributed by atoms with van der Waals surface area (Å²) >= 11 is 0. The van der Waals surface area contributed by atoms with Crippen molar-refractivity contribution >= 4 is 17.3 Å². The molecule has 1 heterocycles. The monoisotopic (exact) mass is 420 g/mol. The zero-order chi connectivity index (χ0) is 22.1. The predicted molar refractivity (Wildman–Crippen MR) is 101 cm³/mol. The van der Waals surface area contributed by atoms with E-state index in [0.717, 1.165) is 16.3 Å². The van der Waals surface area contributed by atoms with Crippen LogP contribution in [0.4, 0.5) is 24.5 Å². The van der Waals surface area contributed by atoms with Crippen LogP contribution in [0.15, 0.2) is 48.5 Å². The number of ether oxygens (including phenoxy) is 1. The molecule has 156 valence electrons. The molecule has 1 aromatic heterocycles. The van der Waals surface area contributed by atoms with Gasteiger partial charge in [0, 0.05) is 25.2 Å². The number of nitrogens with one attached hydrogen (secondary N) is 1. The molecule has 0 aliphatic carbocycles. The first-order valence-corrected chi connectivity index (χ1v) is 8.49. The molecule has 0 atom stereocenters. The normalized spacial score (nSPS) is 11.2. The quantitative estimate of drug-likeness (QED) is 0.476. The molecule has 3 rings (SSSR count). The van der Waals surface area contributed by atoms with Crippen LogP contribution in [0.3, 0.4) is 0 Å². The van der Waals surface area contributed by atoms with E-state index in [1.54, 1.807) is 24.3 Å². The third-order valence-electron chi connectivity index (χ3n) is 4.02. The fourth-order valence-electron chi connectivity index (χ4n) is 2.58. The van der Waals surface area contributed by atoms with E-state index in [-0.39, 0.29) is 22.8 Å². The molecule has 0 fully saturated rings. The summed E-state index contributed by atoms with van der Waals surface area (Å²) in [5.74, 6) is -0.425. The van der Waals surface area contributed by atoms with Crippen molar-refractivity contribution in [1.82, 2.24) is 9.78 Å². The zero-order valence-corrected chi connectivity index (χ0v) is 15.7. The van der Waals surface area contributed by atoms with Crippen molar-refractivity contribution in [3.63, 3.8) is 0 Å². The van der Waals surface area contributed by atoms with Gasteiger partial charge < -0.3 is 10.1 Å². The van der Waals surface area contributed by atoms with E-state index in [4.69, 9.17) is 4.74 Å². The van der Waals surface area contributed by atoms with Gasteiger partial charge in [-0.15, -0.1) is 0 Å². The molecule has 1 N–H and O–H groups in total. The summed E-state index contributed by atoms with van der Waals surface area (Å²) in [6.45, 7) is 1.88. The fourth-order valence-corrected chi connectivity index (χ4v) is 2.58. The smallest absolute Gasteiger partial charge is 0.435 e. The predicted octanol–water partition coefficient (Wildman–Crippen LogP) is 4.70. The van der Waals surface area contributed by atoms with Crippen LogP contribution in [0.2, 0.25) is 0 Å². The van der Waals surface area contributed by atoms with Crippen molar-refractivity contribution in [3.8, 4) is 11.5 Å². The van der Waals surface area contributed by atoms with E-state index < -0.39 is 22.7 Å². The van der Waals surface area contributed by atoms with Crippen LogP contribution in [-0.4, -0.2) is 20.6 Å². The van der Waals surface area contributed by atoms with Crippen LogP contribution in [-0.2, 0) is 13.2 Å². The van der Waals surface area contributed by atoms with Gasteiger partial charge in [0.15, 0.2) is 5.69 Å². The third kappa shape index (κ3) is 4.74. The summed E-state index contributed by atoms with van der Waals surface area (Å²) in [6.07, 6.45) is -4.71. The minimum atomic E-state index is -4.71. The topological polar surface area (TPSA) is 99.3 Å². The Hall–Kier alpha value is -3.89. The third-order valence-corrected chi connectivity index (χ3v) is 4.02. The van der Waals surface area contributed by atoms with Crippen molar-refractivity contribution < 1.29 is 27.6 Å². The van der Waals surface area contributed by atoms with E-state index in [1.165, 1.54) is 19.2 Å². The number of aromatic nitrogens is 2. The Morgan fingerprint density at radius 1 is 1.13 bits per heavy atom. The Morgan fingerprint density at radius 3 is 2.37 bits per heavy atom. The van der Waals surface area contributed by atoms with Gasteiger partial charge in [0.25, 0.3) is 11.6 Å². The van der Waals surface area contributed by atoms with Gasteiger partial charge in [-0.3, -0.25) is 19.6 Å². The molecular formula is C19H15F3N4O4. The van der Waals surface area contributed by atoms with Gasteiger partial charge in [-0.05, 0) is 19.1 Å². The van der Waals surface area contributed by atoms with Crippen LogP contribution < -0.4 is 10.1 Å². The molecule has 0 aliphatic heterocycles. The lowest BCUT2D eigenvalue weighted by atomic mass is 10.2. The van der Waals surface area contributed by atoms with Crippen molar-refractivity contribution in [2.75, 3.05) is 5.32 Å². The summed E-state index contributed by atoms with van der Waals surface area (Å²) in [5.41, 5.74) is -0.988. The highest BCUT2D eigenvalue weighted by Gasteiger charge is 2.35. The number of carbonyl (C=O) groups excluding carboxylic acids is 1. The second-order valence-corrected chi connectivity index (χ2v) is 6.38. The number of anilines is 1. The lowest BCUT2D eigenvalue weighted by molar-refractivity contribution is -0.384.